The average molecular weight is 334 g/mol. The van der Waals surface area contributed by atoms with Crippen molar-refractivity contribution >= 4 is 11.9 Å². The van der Waals surface area contributed by atoms with Gasteiger partial charge < -0.3 is 18.9 Å². The fourth-order valence-corrected chi connectivity index (χ4v) is 2.44. The van der Waals surface area contributed by atoms with Crippen LogP contribution in [0.25, 0.3) is 0 Å². The zero-order valence-corrected chi connectivity index (χ0v) is 13.9. The number of hydrogen-bond donors (Lipinski definition) is 0. The van der Waals surface area contributed by atoms with Gasteiger partial charge in [-0.15, -0.1) is 0 Å². The molecule has 0 saturated carbocycles. The molecule has 0 aliphatic carbocycles. The van der Waals surface area contributed by atoms with Crippen LogP contribution in [0.4, 0.5) is 0 Å². The Balaban J connectivity index is 1.90. The van der Waals surface area contributed by atoms with Crippen molar-refractivity contribution in [3.05, 3.63) is 48.6 Å². The van der Waals surface area contributed by atoms with Crippen molar-refractivity contribution in [3.8, 4) is 0 Å². The smallest absolute Gasteiger partial charge is 0.303 e. The summed E-state index contributed by atoms with van der Waals surface area (Å²) in [6, 6.07) is 0. The standard InChI is InChI=1S/C18H22O6/c1-11(17-7-5-15(9-21-17)23-13(3)19)12(2)18-8-6-16(10-22-18)24-14(4)20/h5-8,15-18H,1-2,9-10H2,3-4H3/t15-,16-,17+,18+/m0/s1. The van der Waals surface area contributed by atoms with Crippen LogP contribution in [-0.2, 0) is 28.5 Å². The molecular formula is C18H22O6. The third kappa shape index (κ3) is 4.91. The molecule has 24 heavy (non-hydrogen) atoms. The summed E-state index contributed by atoms with van der Waals surface area (Å²) in [4.78, 5) is 21.9. The summed E-state index contributed by atoms with van der Waals surface area (Å²) in [5.41, 5.74) is 1.38. The summed E-state index contributed by atoms with van der Waals surface area (Å²) < 4.78 is 21.4. The second-order valence-electron chi connectivity index (χ2n) is 5.62. The number of carbonyl (C=O) groups is 2. The summed E-state index contributed by atoms with van der Waals surface area (Å²) in [7, 11) is 0. The van der Waals surface area contributed by atoms with E-state index in [2.05, 4.69) is 13.2 Å². The van der Waals surface area contributed by atoms with Crippen molar-refractivity contribution in [2.45, 2.75) is 38.3 Å². The number of rotatable bonds is 5. The van der Waals surface area contributed by atoms with E-state index in [1.165, 1.54) is 13.8 Å². The van der Waals surface area contributed by atoms with Crippen LogP contribution in [0.1, 0.15) is 13.8 Å². The fourth-order valence-electron chi connectivity index (χ4n) is 2.44. The predicted molar refractivity (Wildman–Crippen MR) is 87.1 cm³/mol. The van der Waals surface area contributed by atoms with Gasteiger partial charge in [-0.3, -0.25) is 9.59 Å². The lowest BCUT2D eigenvalue weighted by Gasteiger charge is -2.29. The van der Waals surface area contributed by atoms with Crippen LogP contribution in [0.2, 0.25) is 0 Å². The molecule has 0 amide bonds. The number of hydrogen-bond acceptors (Lipinski definition) is 6. The highest BCUT2D eigenvalue weighted by molar-refractivity contribution is 5.66. The molecular weight excluding hydrogens is 312 g/mol. The molecule has 6 heteroatoms. The Hall–Kier alpha value is -2.18. The molecule has 2 aliphatic heterocycles. The van der Waals surface area contributed by atoms with Crippen LogP contribution in [0.5, 0.6) is 0 Å². The van der Waals surface area contributed by atoms with Crippen LogP contribution >= 0.6 is 0 Å². The maximum absolute atomic E-state index is 10.9. The highest BCUT2D eigenvalue weighted by Gasteiger charge is 2.26. The Morgan fingerprint density at radius 1 is 0.833 bits per heavy atom. The quantitative estimate of drug-likeness (QED) is 0.434. The van der Waals surface area contributed by atoms with Gasteiger partial charge in [0.2, 0.25) is 0 Å². The van der Waals surface area contributed by atoms with Crippen molar-refractivity contribution in [2.75, 3.05) is 13.2 Å². The van der Waals surface area contributed by atoms with Crippen molar-refractivity contribution in [1.29, 1.82) is 0 Å². The number of esters is 2. The first-order valence-corrected chi connectivity index (χ1v) is 7.69. The van der Waals surface area contributed by atoms with Gasteiger partial charge in [0, 0.05) is 13.8 Å². The summed E-state index contributed by atoms with van der Waals surface area (Å²) in [5.74, 6) is -0.698. The molecule has 2 aliphatic rings. The molecule has 6 nitrogen and oxygen atoms in total. The number of ether oxygens (including phenoxy) is 4. The van der Waals surface area contributed by atoms with Gasteiger partial charge in [-0.1, -0.05) is 25.3 Å². The molecule has 0 unspecified atom stereocenters. The Labute approximate surface area is 141 Å². The van der Waals surface area contributed by atoms with E-state index in [0.717, 1.165) is 0 Å². The van der Waals surface area contributed by atoms with Crippen LogP contribution < -0.4 is 0 Å². The van der Waals surface area contributed by atoms with Gasteiger partial charge in [0.05, 0.1) is 13.2 Å². The maximum atomic E-state index is 10.9. The Kier molecular flexibility index (Phi) is 6.11. The van der Waals surface area contributed by atoms with Crippen molar-refractivity contribution < 1.29 is 28.5 Å². The van der Waals surface area contributed by atoms with E-state index in [0.29, 0.717) is 11.1 Å². The number of carbonyl (C=O) groups excluding carboxylic acids is 2. The van der Waals surface area contributed by atoms with Crippen molar-refractivity contribution in [1.82, 2.24) is 0 Å². The minimum atomic E-state index is -0.380. The van der Waals surface area contributed by atoms with Gasteiger partial charge in [-0.25, -0.2) is 0 Å². The molecule has 130 valence electrons. The summed E-state index contributed by atoms with van der Waals surface area (Å²) in [6.45, 7) is 11.3. The van der Waals surface area contributed by atoms with E-state index in [1.54, 1.807) is 24.3 Å². The van der Waals surface area contributed by atoms with E-state index < -0.39 is 0 Å². The van der Waals surface area contributed by atoms with E-state index in [-0.39, 0.29) is 49.6 Å². The first-order chi connectivity index (χ1) is 11.4. The van der Waals surface area contributed by atoms with Gasteiger partial charge in [0.25, 0.3) is 0 Å². The molecule has 0 spiro atoms. The molecule has 0 aromatic rings. The Morgan fingerprint density at radius 2 is 1.21 bits per heavy atom. The van der Waals surface area contributed by atoms with Crippen LogP contribution in [0.3, 0.4) is 0 Å². The lowest BCUT2D eigenvalue weighted by atomic mass is 9.96. The third-order valence-electron chi connectivity index (χ3n) is 3.62. The topological polar surface area (TPSA) is 71.1 Å². The van der Waals surface area contributed by atoms with Crippen molar-refractivity contribution in [3.63, 3.8) is 0 Å². The second kappa shape index (κ2) is 8.08. The largest absolute Gasteiger partial charge is 0.456 e. The highest BCUT2D eigenvalue weighted by atomic mass is 16.6. The van der Waals surface area contributed by atoms with Gasteiger partial charge in [-0.05, 0) is 23.3 Å². The molecule has 0 aromatic heterocycles. The average Bonchev–Trinajstić information content (AvgIpc) is 2.54. The van der Waals surface area contributed by atoms with E-state index in [9.17, 15) is 9.59 Å². The normalized spacial score (nSPS) is 28.9. The minimum Gasteiger partial charge on any atom is -0.456 e. The lowest BCUT2D eigenvalue weighted by molar-refractivity contribution is -0.148. The lowest BCUT2D eigenvalue weighted by Crippen LogP contribution is -2.32. The van der Waals surface area contributed by atoms with Gasteiger partial charge >= 0.3 is 11.9 Å². The second-order valence-corrected chi connectivity index (χ2v) is 5.62. The van der Waals surface area contributed by atoms with Crippen molar-refractivity contribution in [2.24, 2.45) is 0 Å². The SMILES string of the molecule is C=C(C(=C)[C@H]1C=C[C@H](OC(C)=O)CO1)[C@H]1C=C[C@H](OC(C)=O)CO1. The van der Waals surface area contributed by atoms with Crippen LogP contribution in [-0.4, -0.2) is 49.6 Å². The first kappa shape index (κ1) is 18.2. The highest BCUT2D eigenvalue weighted by Crippen LogP contribution is 2.25. The van der Waals surface area contributed by atoms with Gasteiger partial charge in [-0.2, -0.15) is 0 Å². The molecule has 4 atom stereocenters. The fraction of sp³-hybridized carbons (Fsp3) is 0.444. The first-order valence-electron chi connectivity index (χ1n) is 7.69. The molecule has 0 bridgehead atoms. The Morgan fingerprint density at radius 3 is 1.46 bits per heavy atom. The summed E-state index contributed by atoms with van der Waals surface area (Å²) in [5, 5.41) is 0. The van der Waals surface area contributed by atoms with Crippen LogP contribution in [0, 0.1) is 0 Å². The molecule has 2 heterocycles. The minimum absolute atomic E-state index is 0.267. The van der Waals surface area contributed by atoms with Gasteiger partial charge in [0.1, 0.15) is 24.4 Å². The zero-order valence-electron chi connectivity index (χ0n) is 13.9. The molecule has 0 aromatic carbocycles. The van der Waals surface area contributed by atoms with E-state index in [1.807, 2.05) is 0 Å². The van der Waals surface area contributed by atoms with E-state index >= 15 is 0 Å². The maximum Gasteiger partial charge on any atom is 0.303 e. The predicted octanol–water partition coefficient (Wildman–Crippen LogP) is 1.87. The molecule has 0 fully saturated rings. The molecule has 2 rings (SSSR count). The summed E-state index contributed by atoms with van der Waals surface area (Å²) >= 11 is 0. The molecule has 0 radical (unpaired) electrons. The monoisotopic (exact) mass is 334 g/mol. The van der Waals surface area contributed by atoms with Gasteiger partial charge in [0.15, 0.2) is 0 Å². The summed E-state index contributed by atoms with van der Waals surface area (Å²) in [6.07, 6.45) is 5.70. The third-order valence-corrected chi connectivity index (χ3v) is 3.62. The van der Waals surface area contributed by atoms with Crippen LogP contribution in [0.15, 0.2) is 48.6 Å². The molecule has 0 saturated heterocycles. The Bertz CT molecular complexity index is 536. The molecule has 0 N–H and O–H groups in total. The van der Waals surface area contributed by atoms with E-state index in [4.69, 9.17) is 18.9 Å². The zero-order chi connectivity index (χ0) is 17.7.